The Morgan fingerprint density at radius 1 is 1.10 bits per heavy atom. The quantitative estimate of drug-likeness (QED) is 0.678. The third kappa shape index (κ3) is 4.48. The van der Waals surface area contributed by atoms with Crippen LogP contribution in [0.1, 0.15) is 16.1 Å². The molecule has 4 rings (SSSR count). The molecule has 2 aromatic carbocycles. The fraction of sp³-hybridized carbons (Fsp3) is 0.200. The minimum atomic E-state index is -4.45. The number of hydrogen-bond acceptors (Lipinski definition) is 5. The molecule has 1 amide bonds. The van der Waals surface area contributed by atoms with Crippen molar-refractivity contribution < 1.29 is 32.2 Å². The molecule has 156 valence electrons. The van der Waals surface area contributed by atoms with E-state index in [0.717, 1.165) is 12.1 Å². The lowest BCUT2D eigenvalue weighted by Crippen LogP contribution is -2.17. The van der Waals surface area contributed by atoms with Crippen LogP contribution in [0.25, 0.3) is 0 Å². The van der Waals surface area contributed by atoms with Crippen molar-refractivity contribution in [2.75, 3.05) is 18.5 Å². The predicted molar refractivity (Wildman–Crippen MR) is 99.7 cm³/mol. The largest absolute Gasteiger partial charge is 0.486 e. The third-order valence-corrected chi connectivity index (χ3v) is 4.20. The van der Waals surface area contributed by atoms with Crippen LogP contribution < -0.4 is 19.5 Å². The highest BCUT2D eigenvalue weighted by molar-refractivity contribution is 6.02. The number of amides is 1. The summed E-state index contributed by atoms with van der Waals surface area (Å²) in [5.74, 6) is 0.737. The Morgan fingerprint density at radius 2 is 1.90 bits per heavy atom. The van der Waals surface area contributed by atoms with Gasteiger partial charge in [0.2, 0.25) is 0 Å². The van der Waals surface area contributed by atoms with Gasteiger partial charge in [-0.1, -0.05) is 6.07 Å². The number of benzene rings is 2. The summed E-state index contributed by atoms with van der Waals surface area (Å²) < 4.78 is 55.8. The second-order valence-electron chi connectivity index (χ2n) is 6.35. The molecule has 3 aromatic rings. The van der Waals surface area contributed by atoms with Gasteiger partial charge < -0.3 is 19.5 Å². The van der Waals surface area contributed by atoms with Gasteiger partial charge >= 0.3 is 6.18 Å². The number of carbonyl (C=O) groups excluding carboxylic acids is 1. The second kappa shape index (κ2) is 7.97. The molecule has 7 nitrogen and oxygen atoms in total. The normalized spacial score (nSPS) is 13.0. The molecule has 0 unspecified atom stereocenters. The topological polar surface area (TPSA) is 74.6 Å². The number of fused-ring (bicyclic) bond motifs is 1. The van der Waals surface area contributed by atoms with Crippen molar-refractivity contribution in [2.45, 2.75) is 12.9 Å². The van der Waals surface area contributed by atoms with Gasteiger partial charge in [0, 0.05) is 18.0 Å². The molecule has 0 bridgehead atoms. The Balaban J connectivity index is 1.37. The maximum absolute atomic E-state index is 12.8. The lowest BCUT2D eigenvalue weighted by atomic mass is 10.2. The van der Waals surface area contributed by atoms with Crippen molar-refractivity contribution in [2.24, 2.45) is 0 Å². The van der Waals surface area contributed by atoms with Gasteiger partial charge in [-0.3, -0.25) is 4.79 Å². The molecule has 0 radical (unpaired) electrons. The molecule has 0 atom stereocenters. The first-order valence-corrected chi connectivity index (χ1v) is 8.93. The van der Waals surface area contributed by atoms with Crippen molar-refractivity contribution >= 4 is 11.6 Å². The van der Waals surface area contributed by atoms with Gasteiger partial charge in [-0.15, -0.1) is 0 Å². The summed E-state index contributed by atoms with van der Waals surface area (Å²) in [6, 6.07) is 11.0. The molecule has 0 spiro atoms. The third-order valence-electron chi connectivity index (χ3n) is 4.20. The standard InChI is InChI=1S/C20H16F3N3O4/c21-20(22,23)13-2-1-3-15(10-13)30-12-26-7-6-16(25-26)19(27)24-14-4-5-17-18(11-14)29-9-8-28-17/h1-7,10-11H,8-9,12H2,(H,24,27). The molecule has 10 heteroatoms. The summed E-state index contributed by atoms with van der Waals surface area (Å²) in [5.41, 5.74) is -0.170. The first kappa shape index (κ1) is 19.6. The Bertz CT molecular complexity index is 1070. The number of ether oxygens (including phenoxy) is 3. The van der Waals surface area contributed by atoms with E-state index < -0.39 is 17.6 Å². The van der Waals surface area contributed by atoms with Crippen LogP contribution in [0.15, 0.2) is 54.7 Å². The molecular weight excluding hydrogens is 403 g/mol. The summed E-state index contributed by atoms with van der Waals surface area (Å²) in [5, 5.41) is 6.78. The van der Waals surface area contributed by atoms with E-state index in [-0.39, 0.29) is 18.2 Å². The zero-order valence-corrected chi connectivity index (χ0v) is 15.5. The molecule has 2 heterocycles. The zero-order valence-electron chi connectivity index (χ0n) is 15.5. The van der Waals surface area contributed by atoms with Crippen molar-refractivity contribution in [1.82, 2.24) is 9.78 Å². The number of hydrogen-bond donors (Lipinski definition) is 1. The maximum Gasteiger partial charge on any atom is 0.416 e. The van der Waals surface area contributed by atoms with Crippen LogP contribution in [0.2, 0.25) is 0 Å². The van der Waals surface area contributed by atoms with E-state index in [1.54, 1.807) is 18.2 Å². The van der Waals surface area contributed by atoms with Crippen LogP contribution in [0.3, 0.4) is 0 Å². The molecule has 1 N–H and O–H groups in total. The highest BCUT2D eigenvalue weighted by Crippen LogP contribution is 2.33. The number of halogens is 3. The molecule has 0 saturated carbocycles. The lowest BCUT2D eigenvalue weighted by Gasteiger charge is -2.18. The second-order valence-corrected chi connectivity index (χ2v) is 6.35. The van der Waals surface area contributed by atoms with E-state index in [4.69, 9.17) is 14.2 Å². The van der Waals surface area contributed by atoms with Crippen LogP contribution in [-0.4, -0.2) is 28.9 Å². The van der Waals surface area contributed by atoms with Crippen LogP contribution in [0.5, 0.6) is 17.2 Å². The fourth-order valence-electron chi connectivity index (χ4n) is 2.77. The Morgan fingerprint density at radius 3 is 2.70 bits per heavy atom. The smallest absolute Gasteiger partial charge is 0.416 e. The summed E-state index contributed by atoms with van der Waals surface area (Å²) >= 11 is 0. The predicted octanol–water partition coefficient (Wildman–Crippen LogP) is 3.96. The summed E-state index contributed by atoms with van der Waals surface area (Å²) in [4.78, 5) is 12.4. The highest BCUT2D eigenvalue weighted by atomic mass is 19.4. The minimum absolute atomic E-state index is 0.0441. The molecule has 1 aliphatic heterocycles. The van der Waals surface area contributed by atoms with Gasteiger partial charge in [0.1, 0.15) is 19.0 Å². The SMILES string of the molecule is O=C(Nc1ccc2c(c1)OCCO2)c1ccn(COc2cccc(C(F)(F)F)c2)n1. The number of aromatic nitrogens is 2. The van der Waals surface area contributed by atoms with Gasteiger partial charge in [-0.05, 0) is 36.4 Å². The number of alkyl halides is 3. The number of nitrogens with zero attached hydrogens (tertiary/aromatic N) is 2. The van der Waals surface area contributed by atoms with Gasteiger partial charge in [-0.25, -0.2) is 4.68 Å². The first-order chi connectivity index (χ1) is 14.4. The Labute approximate surface area is 169 Å². The molecule has 1 aromatic heterocycles. The Kier molecular flexibility index (Phi) is 5.21. The lowest BCUT2D eigenvalue weighted by molar-refractivity contribution is -0.137. The molecule has 0 fully saturated rings. The number of carbonyl (C=O) groups is 1. The molecule has 30 heavy (non-hydrogen) atoms. The maximum atomic E-state index is 12.8. The highest BCUT2D eigenvalue weighted by Gasteiger charge is 2.30. The van der Waals surface area contributed by atoms with E-state index in [1.807, 2.05) is 0 Å². The summed E-state index contributed by atoms with van der Waals surface area (Å²) in [7, 11) is 0. The molecule has 0 saturated heterocycles. The number of rotatable bonds is 5. The molecule has 0 aliphatic carbocycles. The molecule has 1 aliphatic rings. The van der Waals surface area contributed by atoms with Crippen molar-refractivity contribution in [3.63, 3.8) is 0 Å². The summed E-state index contributed by atoms with van der Waals surface area (Å²) in [6.45, 7) is 0.748. The fourth-order valence-corrected chi connectivity index (χ4v) is 2.77. The van der Waals surface area contributed by atoms with Crippen LogP contribution in [-0.2, 0) is 12.9 Å². The van der Waals surface area contributed by atoms with Crippen molar-refractivity contribution in [3.8, 4) is 17.2 Å². The van der Waals surface area contributed by atoms with Crippen LogP contribution in [0, 0.1) is 0 Å². The minimum Gasteiger partial charge on any atom is -0.486 e. The van der Waals surface area contributed by atoms with Crippen LogP contribution in [0.4, 0.5) is 18.9 Å². The Hall–Kier alpha value is -3.69. The average Bonchev–Trinajstić information content (AvgIpc) is 3.21. The van der Waals surface area contributed by atoms with E-state index in [0.29, 0.717) is 30.4 Å². The summed E-state index contributed by atoms with van der Waals surface area (Å²) in [6.07, 6.45) is -2.96. The zero-order chi connectivity index (χ0) is 21.1. The van der Waals surface area contributed by atoms with E-state index >= 15 is 0 Å². The number of anilines is 1. The van der Waals surface area contributed by atoms with E-state index in [9.17, 15) is 18.0 Å². The van der Waals surface area contributed by atoms with Crippen molar-refractivity contribution in [3.05, 3.63) is 66.0 Å². The first-order valence-electron chi connectivity index (χ1n) is 8.93. The van der Waals surface area contributed by atoms with Gasteiger partial charge in [0.25, 0.3) is 5.91 Å². The number of nitrogens with one attached hydrogen (secondary N) is 1. The van der Waals surface area contributed by atoms with E-state index in [2.05, 4.69) is 10.4 Å². The van der Waals surface area contributed by atoms with E-state index in [1.165, 1.54) is 29.1 Å². The van der Waals surface area contributed by atoms with Gasteiger partial charge in [-0.2, -0.15) is 18.3 Å². The van der Waals surface area contributed by atoms with Crippen LogP contribution >= 0.6 is 0 Å². The van der Waals surface area contributed by atoms with Gasteiger partial charge in [0.05, 0.1) is 5.56 Å². The monoisotopic (exact) mass is 419 g/mol. The van der Waals surface area contributed by atoms with Crippen molar-refractivity contribution in [1.29, 1.82) is 0 Å². The van der Waals surface area contributed by atoms with Gasteiger partial charge in [0.15, 0.2) is 23.9 Å². The average molecular weight is 419 g/mol. The molecular formula is C20H16F3N3O4.